The van der Waals surface area contributed by atoms with E-state index < -0.39 is 22.2 Å². The summed E-state index contributed by atoms with van der Waals surface area (Å²) in [5, 5.41) is 9.03. The summed E-state index contributed by atoms with van der Waals surface area (Å²) in [6.07, 6.45) is 0.803. The largest absolute Gasteiger partial charge is 0.497 e. The van der Waals surface area contributed by atoms with Crippen LogP contribution in [0.3, 0.4) is 0 Å². The van der Waals surface area contributed by atoms with Crippen molar-refractivity contribution < 1.29 is 23.1 Å². The average Bonchev–Trinajstić information content (AvgIpc) is 2.55. The van der Waals surface area contributed by atoms with E-state index in [9.17, 15) is 13.2 Å². The minimum atomic E-state index is -3.89. The number of rotatable bonds is 6. The predicted molar refractivity (Wildman–Crippen MR) is 86.9 cm³/mol. The van der Waals surface area contributed by atoms with E-state index in [2.05, 4.69) is 0 Å². The minimum Gasteiger partial charge on any atom is -0.497 e. The van der Waals surface area contributed by atoms with E-state index in [1.54, 1.807) is 30.3 Å². The molecule has 0 fully saturated rings. The fraction of sp³-hybridized carbons (Fsp3) is 0.118. The van der Waals surface area contributed by atoms with Crippen LogP contribution in [0.5, 0.6) is 5.75 Å². The summed E-state index contributed by atoms with van der Waals surface area (Å²) in [5.41, 5.74) is 0.626. The highest BCUT2D eigenvalue weighted by atomic mass is 32.2. The highest BCUT2D eigenvalue weighted by Gasteiger charge is 2.23. The Morgan fingerprint density at radius 1 is 1.09 bits per heavy atom. The summed E-state index contributed by atoms with van der Waals surface area (Å²) in [5.74, 6) is -0.681. The van der Waals surface area contributed by atoms with Gasteiger partial charge in [-0.15, -0.1) is 0 Å². The zero-order valence-corrected chi connectivity index (χ0v) is 13.3. The molecule has 0 unspecified atom stereocenters. The van der Waals surface area contributed by atoms with Crippen LogP contribution >= 0.6 is 0 Å². The number of carboxylic acid groups (broad SMARTS) is 1. The second-order valence-electron chi connectivity index (χ2n) is 4.77. The van der Waals surface area contributed by atoms with Crippen LogP contribution < -0.4 is 4.74 Å². The molecule has 0 aliphatic heterocycles. The molecule has 1 N–H and O–H groups in total. The van der Waals surface area contributed by atoms with Crippen LogP contribution in [0.1, 0.15) is 12.0 Å². The molecular weight excluding hydrogens is 316 g/mol. The van der Waals surface area contributed by atoms with Gasteiger partial charge < -0.3 is 9.84 Å². The van der Waals surface area contributed by atoms with Crippen molar-refractivity contribution in [2.45, 2.75) is 11.3 Å². The maximum absolute atomic E-state index is 12.7. The van der Waals surface area contributed by atoms with E-state index in [1.807, 2.05) is 0 Å². The van der Waals surface area contributed by atoms with E-state index in [0.29, 0.717) is 11.3 Å². The van der Waals surface area contributed by atoms with Crippen molar-refractivity contribution in [2.24, 2.45) is 0 Å². The second kappa shape index (κ2) is 7.11. The number of methoxy groups -OCH3 is 1. The monoisotopic (exact) mass is 332 g/mol. The summed E-state index contributed by atoms with van der Waals surface area (Å²) < 4.78 is 30.4. The van der Waals surface area contributed by atoms with E-state index in [0.717, 1.165) is 0 Å². The number of aliphatic carboxylic acids is 1. The number of ether oxygens (including phenoxy) is 1. The molecular formula is C17H16O5S. The smallest absolute Gasteiger partial charge is 0.308 e. The van der Waals surface area contributed by atoms with Gasteiger partial charge >= 0.3 is 5.97 Å². The number of hydrogen-bond donors (Lipinski definition) is 1. The van der Waals surface area contributed by atoms with Crippen molar-refractivity contribution in [3.63, 3.8) is 0 Å². The minimum absolute atomic E-state index is 0.0294. The van der Waals surface area contributed by atoms with Crippen molar-refractivity contribution in [1.29, 1.82) is 0 Å². The van der Waals surface area contributed by atoms with Crippen LogP contribution in [0.2, 0.25) is 0 Å². The summed E-state index contributed by atoms with van der Waals surface area (Å²) in [6, 6.07) is 14.6. The first kappa shape index (κ1) is 16.8. The van der Waals surface area contributed by atoms with Gasteiger partial charge in [-0.25, -0.2) is 8.42 Å². The zero-order chi connectivity index (χ0) is 16.9. The Labute approximate surface area is 134 Å². The SMILES string of the molecule is COc1ccc(S(=O)(=O)C(=Cc2ccccc2)CC(=O)O)cc1. The molecule has 0 atom stereocenters. The molecule has 0 radical (unpaired) electrons. The molecule has 0 aromatic heterocycles. The lowest BCUT2D eigenvalue weighted by molar-refractivity contribution is -0.136. The van der Waals surface area contributed by atoms with Crippen molar-refractivity contribution in [3.8, 4) is 5.75 Å². The lowest BCUT2D eigenvalue weighted by Gasteiger charge is -2.09. The molecule has 0 saturated heterocycles. The van der Waals surface area contributed by atoms with E-state index in [1.165, 1.54) is 37.5 Å². The third-order valence-corrected chi connectivity index (χ3v) is 5.01. The molecule has 0 heterocycles. The molecule has 0 saturated carbocycles. The molecule has 23 heavy (non-hydrogen) atoms. The van der Waals surface area contributed by atoms with Crippen LogP contribution in [0, 0.1) is 0 Å². The number of sulfone groups is 1. The average molecular weight is 332 g/mol. The van der Waals surface area contributed by atoms with Crippen LogP contribution in [0.25, 0.3) is 6.08 Å². The molecule has 2 aromatic carbocycles. The number of hydrogen-bond acceptors (Lipinski definition) is 4. The highest BCUT2D eigenvalue weighted by molar-refractivity contribution is 7.95. The standard InChI is InChI=1S/C17H16O5S/c1-22-14-7-9-15(10-8-14)23(20,21)16(12-17(18)19)11-13-5-3-2-4-6-13/h2-11H,12H2,1H3,(H,18,19). The molecule has 0 bridgehead atoms. The van der Waals surface area contributed by atoms with Gasteiger partial charge in [0.1, 0.15) is 5.75 Å². The third kappa shape index (κ3) is 4.20. The van der Waals surface area contributed by atoms with Gasteiger partial charge in [0.05, 0.1) is 23.3 Å². The van der Waals surface area contributed by atoms with E-state index in [4.69, 9.17) is 9.84 Å². The van der Waals surface area contributed by atoms with Crippen LogP contribution in [0.15, 0.2) is 64.4 Å². The van der Waals surface area contributed by atoms with E-state index in [-0.39, 0.29) is 9.80 Å². The molecule has 0 spiro atoms. The van der Waals surface area contributed by atoms with Crippen molar-refractivity contribution >= 4 is 21.9 Å². The lowest BCUT2D eigenvalue weighted by Crippen LogP contribution is -2.09. The third-order valence-electron chi connectivity index (χ3n) is 3.17. The highest BCUT2D eigenvalue weighted by Crippen LogP contribution is 2.25. The molecule has 0 amide bonds. The Morgan fingerprint density at radius 3 is 2.22 bits per heavy atom. The van der Waals surface area contributed by atoms with Crippen LogP contribution in [0.4, 0.5) is 0 Å². The summed E-state index contributed by atoms with van der Waals surface area (Å²) >= 11 is 0. The van der Waals surface area contributed by atoms with Gasteiger partial charge in [-0.2, -0.15) is 0 Å². The maximum Gasteiger partial charge on any atom is 0.308 e. The van der Waals surface area contributed by atoms with Gasteiger partial charge in [-0.3, -0.25) is 4.79 Å². The molecule has 0 aliphatic rings. The quantitative estimate of drug-likeness (QED) is 0.879. The number of benzene rings is 2. The molecule has 120 valence electrons. The number of carbonyl (C=O) groups is 1. The Bertz CT molecular complexity index is 806. The van der Waals surface area contributed by atoms with Gasteiger partial charge in [0.25, 0.3) is 0 Å². The molecule has 6 heteroatoms. The Kier molecular flexibility index (Phi) is 5.18. The van der Waals surface area contributed by atoms with Gasteiger partial charge in [-0.1, -0.05) is 30.3 Å². The molecule has 2 aromatic rings. The Hall–Kier alpha value is -2.60. The fourth-order valence-corrected chi connectivity index (χ4v) is 3.42. The topological polar surface area (TPSA) is 80.7 Å². The maximum atomic E-state index is 12.7. The van der Waals surface area contributed by atoms with Gasteiger partial charge in [-0.05, 0) is 35.9 Å². The predicted octanol–water partition coefficient (Wildman–Crippen LogP) is 2.98. The van der Waals surface area contributed by atoms with E-state index >= 15 is 0 Å². The lowest BCUT2D eigenvalue weighted by atomic mass is 10.2. The fourth-order valence-electron chi connectivity index (χ4n) is 2.01. The molecule has 2 rings (SSSR count). The van der Waals surface area contributed by atoms with Crippen molar-refractivity contribution in [1.82, 2.24) is 0 Å². The summed E-state index contributed by atoms with van der Waals surface area (Å²) in [7, 11) is -2.41. The Morgan fingerprint density at radius 2 is 1.70 bits per heavy atom. The van der Waals surface area contributed by atoms with Crippen LogP contribution in [-0.2, 0) is 14.6 Å². The van der Waals surface area contributed by atoms with Gasteiger partial charge in [0.2, 0.25) is 9.84 Å². The zero-order valence-electron chi connectivity index (χ0n) is 12.5. The van der Waals surface area contributed by atoms with Crippen molar-refractivity contribution in [2.75, 3.05) is 7.11 Å². The van der Waals surface area contributed by atoms with Gasteiger partial charge in [0.15, 0.2) is 0 Å². The summed E-state index contributed by atoms with van der Waals surface area (Å²) in [6.45, 7) is 0. The molecule has 5 nitrogen and oxygen atoms in total. The summed E-state index contributed by atoms with van der Waals surface area (Å²) in [4.78, 5) is 10.9. The van der Waals surface area contributed by atoms with Crippen molar-refractivity contribution in [3.05, 3.63) is 65.1 Å². The normalized spacial score (nSPS) is 12.0. The second-order valence-corrected chi connectivity index (χ2v) is 6.77. The van der Waals surface area contributed by atoms with Gasteiger partial charge in [0, 0.05) is 0 Å². The first-order valence-corrected chi connectivity index (χ1v) is 8.28. The Balaban J connectivity index is 2.48. The first-order chi connectivity index (χ1) is 10.9. The first-order valence-electron chi connectivity index (χ1n) is 6.80. The molecule has 0 aliphatic carbocycles. The number of carboxylic acids is 1. The van der Waals surface area contributed by atoms with Crippen LogP contribution in [-0.4, -0.2) is 26.6 Å².